The zero-order chi connectivity index (χ0) is 35.1. The van der Waals surface area contributed by atoms with Crippen LogP contribution in [0, 0.1) is 23.3 Å². The Morgan fingerprint density at radius 2 is 0.962 bits per heavy atom. The van der Waals surface area contributed by atoms with Crippen LogP contribution in [0.1, 0.15) is 0 Å². The summed E-state index contributed by atoms with van der Waals surface area (Å²) in [5, 5.41) is 7.08. The van der Waals surface area contributed by atoms with E-state index in [0.717, 1.165) is 54.4 Å². The number of halogens is 4. The van der Waals surface area contributed by atoms with Gasteiger partial charge in [0.05, 0.1) is 16.6 Å². The molecule has 1 heterocycles. The monoisotopic (exact) mass is 682 g/mol. The number of rotatable bonds is 5. The molecule has 0 spiro atoms. The van der Waals surface area contributed by atoms with Crippen LogP contribution in [-0.2, 0) is 0 Å². The van der Waals surface area contributed by atoms with Gasteiger partial charge in [0.15, 0.2) is 23.3 Å². The fraction of sp³-hybridized carbons (Fsp3) is 0. The summed E-state index contributed by atoms with van der Waals surface area (Å²) in [7, 11) is 0. The van der Waals surface area contributed by atoms with Gasteiger partial charge in [0.1, 0.15) is 5.69 Å². The van der Waals surface area contributed by atoms with Gasteiger partial charge in [-0.1, -0.05) is 109 Å². The summed E-state index contributed by atoms with van der Waals surface area (Å²) in [5.74, 6) is -5.90. The van der Waals surface area contributed by atoms with Crippen molar-refractivity contribution in [3.05, 3.63) is 181 Å². The molecule has 9 aromatic carbocycles. The molecule has 10 aromatic rings. The van der Waals surface area contributed by atoms with Crippen LogP contribution in [0.15, 0.2) is 158 Å². The summed E-state index contributed by atoms with van der Waals surface area (Å²) in [6.07, 6.45) is 0. The summed E-state index contributed by atoms with van der Waals surface area (Å²) in [4.78, 5) is 1.20. The van der Waals surface area contributed by atoms with E-state index in [9.17, 15) is 0 Å². The highest BCUT2D eigenvalue weighted by Gasteiger charge is 2.32. The molecular formula is C46H26F4N2. The minimum atomic E-state index is -1.48. The topological polar surface area (TPSA) is 8.17 Å². The molecule has 0 atom stereocenters. The fourth-order valence-corrected chi connectivity index (χ4v) is 8.00. The van der Waals surface area contributed by atoms with Gasteiger partial charge in [-0.15, -0.1) is 0 Å². The van der Waals surface area contributed by atoms with Crippen LogP contribution in [-0.4, -0.2) is 4.57 Å². The number of para-hydroxylation sites is 4. The molecule has 1 aromatic heterocycles. The molecule has 0 unspecified atom stereocenters. The largest absolute Gasteiger partial charge is 0.309 e. The molecule has 52 heavy (non-hydrogen) atoms. The Hall–Kier alpha value is -6.66. The third kappa shape index (κ3) is 4.24. The Balaban J connectivity index is 1.26. The first-order chi connectivity index (χ1) is 25.5. The average Bonchev–Trinajstić information content (AvgIpc) is 3.53. The lowest BCUT2D eigenvalue weighted by Gasteiger charge is -2.27. The van der Waals surface area contributed by atoms with Crippen molar-refractivity contribution in [1.82, 2.24) is 4.57 Å². The average molecular weight is 683 g/mol. The van der Waals surface area contributed by atoms with Crippen LogP contribution in [0.2, 0.25) is 0 Å². The molecule has 0 saturated carbocycles. The van der Waals surface area contributed by atoms with E-state index in [-0.39, 0.29) is 5.56 Å². The standard InChI is InChI=1S/C46H26F4N2/c47-41-40(42(48)44(50)46(43(41)49)51(29-12-4-1-5-13-29)30-14-6-2-7-15-30)34-23-20-27-21-25-35-39-28(22-24-33(34)38(27)39)26-36-32-18-10-11-19-37(32)52(45(35)36)31-16-8-3-9-17-31/h1-26H. The summed E-state index contributed by atoms with van der Waals surface area (Å²) in [6.45, 7) is 0. The van der Waals surface area contributed by atoms with E-state index in [2.05, 4.69) is 41.0 Å². The zero-order valence-electron chi connectivity index (χ0n) is 27.4. The van der Waals surface area contributed by atoms with E-state index >= 15 is 17.6 Å². The van der Waals surface area contributed by atoms with E-state index in [1.807, 2.05) is 42.5 Å². The Bertz CT molecular complexity index is 2920. The zero-order valence-corrected chi connectivity index (χ0v) is 27.4. The van der Waals surface area contributed by atoms with Crippen molar-refractivity contribution in [3.8, 4) is 16.8 Å². The summed E-state index contributed by atoms with van der Waals surface area (Å²) >= 11 is 0. The molecule has 10 rings (SSSR count). The lowest BCUT2D eigenvalue weighted by Crippen LogP contribution is -2.16. The molecule has 248 valence electrons. The van der Waals surface area contributed by atoms with E-state index in [4.69, 9.17) is 0 Å². The molecular weight excluding hydrogens is 657 g/mol. The highest BCUT2D eigenvalue weighted by atomic mass is 19.2. The minimum Gasteiger partial charge on any atom is -0.309 e. The molecule has 0 N–H and O–H groups in total. The van der Waals surface area contributed by atoms with Crippen LogP contribution >= 0.6 is 0 Å². The van der Waals surface area contributed by atoms with Gasteiger partial charge in [0, 0.05) is 33.2 Å². The number of hydrogen-bond donors (Lipinski definition) is 0. The molecule has 6 heteroatoms. The highest BCUT2D eigenvalue weighted by molar-refractivity contribution is 6.32. The van der Waals surface area contributed by atoms with Gasteiger partial charge in [0.2, 0.25) is 0 Å². The Morgan fingerprint density at radius 1 is 0.423 bits per heavy atom. The van der Waals surface area contributed by atoms with Gasteiger partial charge in [-0.05, 0) is 81.0 Å². The van der Waals surface area contributed by atoms with Gasteiger partial charge in [-0.25, -0.2) is 17.6 Å². The second-order valence-electron chi connectivity index (χ2n) is 13.0. The van der Waals surface area contributed by atoms with Crippen LogP contribution in [0.4, 0.5) is 34.6 Å². The molecule has 0 saturated heterocycles. The quantitative estimate of drug-likeness (QED) is 0.0997. The maximum Gasteiger partial charge on any atom is 0.186 e. The molecule has 0 amide bonds. The molecule has 0 fully saturated rings. The number of hydrogen-bond acceptors (Lipinski definition) is 1. The lowest BCUT2D eigenvalue weighted by atomic mass is 9.88. The smallest absolute Gasteiger partial charge is 0.186 e. The molecule has 0 aliphatic carbocycles. The van der Waals surface area contributed by atoms with Gasteiger partial charge >= 0.3 is 0 Å². The Kier molecular flexibility index (Phi) is 6.64. The van der Waals surface area contributed by atoms with E-state index in [1.54, 1.807) is 78.9 Å². The van der Waals surface area contributed by atoms with Gasteiger partial charge in [0.25, 0.3) is 0 Å². The minimum absolute atomic E-state index is 0.0657. The lowest BCUT2D eigenvalue weighted by molar-refractivity contribution is 0.461. The third-order valence-electron chi connectivity index (χ3n) is 10.2. The molecule has 0 aliphatic rings. The van der Waals surface area contributed by atoms with Crippen molar-refractivity contribution in [1.29, 1.82) is 0 Å². The van der Waals surface area contributed by atoms with Gasteiger partial charge in [-0.3, -0.25) is 0 Å². The van der Waals surface area contributed by atoms with Crippen molar-refractivity contribution in [3.63, 3.8) is 0 Å². The van der Waals surface area contributed by atoms with Gasteiger partial charge in [-0.2, -0.15) is 0 Å². The van der Waals surface area contributed by atoms with Crippen LogP contribution in [0.5, 0.6) is 0 Å². The Morgan fingerprint density at radius 3 is 1.63 bits per heavy atom. The van der Waals surface area contributed by atoms with E-state index in [0.29, 0.717) is 16.8 Å². The highest BCUT2D eigenvalue weighted by Crippen LogP contribution is 2.47. The molecule has 0 radical (unpaired) electrons. The fourth-order valence-electron chi connectivity index (χ4n) is 8.00. The van der Waals surface area contributed by atoms with Crippen molar-refractivity contribution >= 4 is 71.2 Å². The predicted octanol–water partition coefficient (Wildman–Crippen LogP) is 13.4. The van der Waals surface area contributed by atoms with Crippen molar-refractivity contribution < 1.29 is 17.6 Å². The summed E-state index contributed by atoms with van der Waals surface area (Å²) < 4.78 is 68.3. The van der Waals surface area contributed by atoms with E-state index in [1.165, 1.54) is 4.90 Å². The van der Waals surface area contributed by atoms with Crippen LogP contribution in [0.3, 0.4) is 0 Å². The number of aromatic nitrogens is 1. The maximum absolute atomic E-state index is 16.6. The predicted molar refractivity (Wildman–Crippen MR) is 204 cm³/mol. The van der Waals surface area contributed by atoms with Crippen molar-refractivity contribution in [2.45, 2.75) is 0 Å². The van der Waals surface area contributed by atoms with Crippen molar-refractivity contribution in [2.75, 3.05) is 4.90 Å². The number of fused-ring (bicyclic) bond motifs is 4. The molecule has 0 aliphatic heterocycles. The first-order valence-corrected chi connectivity index (χ1v) is 17.0. The van der Waals surface area contributed by atoms with E-state index < -0.39 is 34.5 Å². The third-order valence-corrected chi connectivity index (χ3v) is 10.2. The number of anilines is 3. The van der Waals surface area contributed by atoms with Crippen molar-refractivity contribution in [2.24, 2.45) is 0 Å². The second kappa shape index (κ2) is 11.4. The number of benzene rings is 9. The molecule has 2 nitrogen and oxygen atoms in total. The van der Waals surface area contributed by atoms with Gasteiger partial charge < -0.3 is 9.47 Å². The summed E-state index contributed by atoms with van der Waals surface area (Å²) in [6, 6.07) is 48.4. The molecule has 0 bridgehead atoms. The summed E-state index contributed by atoms with van der Waals surface area (Å²) in [5.41, 5.74) is 2.23. The number of nitrogens with zero attached hydrogens (tertiary/aromatic N) is 2. The SMILES string of the molecule is Fc1c(F)c(N(c2ccccc2)c2ccccc2)c(F)c(F)c1-c1ccc2ccc3c4c(ccc1c24)cc1c2ccccc2n(-c2ccccc2)c13. The van der Waals surface area contributed by atoms with Crippen LogP contribution < -0.4 is 4.90 Å². The first-order valence-electron chi connectivity index (χ1n) is 17.0. The maximum atomic E-state index is 16.6. The normalized spacial score (nSPS) is 11.8. The second-order valence-corrected chi connectivity index (χ2v) is 13.0. The van der Waals surface area contributed by atoms with Crippen LogP contribution in [0.25, 0.3) is 70.9 Å². The Labute approximate surface area is 295 Å². The first kappa shape index (κ1) is 30.2.